The van der Waals surface area contributed by atoms with Gasteiger partial charge in [0.15, 0.2) is 0 Å². The van der Waals surface area contributed by atoms with Crippen LogP contribution in [0.4, 0.5) is 5.69 Å². The first-order valence-corrected chi connectivity index (χ1v) is 7.08. The Morgan fingerprint density at radius 2 is 1.94 bits per heavy atom. The lowest BCUT2D eigenvalue weighted by molar-refractivity contribution is -0.117. The van der Waals surface area contributed by atoms with Gasteiger partial charge in [-0.15, -0.1) is 0 Å². The first kappa shape index (κ1) is 15.2. The standard InChI is InChI=1S/C14H21BrN2O/c1-4-5-6-12(16)14(18)17-13-9(2)7-11(15)8-10(13)3/h7-8,12H,4-6,16H2,1-3H3,(H,17,18)/t12-/m0/s1. The smallest absolute Gasteiger partial charge is 0.241 e. The Bertz CT molecular complexity index is 409. The molecule has 100 valence electrons. The monoisotopic (exact) mass is 312 g/mol. The van der Waals surface area contributed by atoms with Gasteiger partial charge < -0.3 is 11.1 Å². The first-order valence-electron chi connectivity index (χ1n) is 6.29. The van der Waals surface area contributed by atoms with E-state index in [9.17, 15) is 4.79 Å². The van der Waals surface area contributed by atoms with E-state index in [2.05, 4.69) is 28.2 Å². The van der Waals surface area contributed by atoms with Crippen molar-refractivity contribution in [2.45, 2.75) is 46.1 Å². The summed E-state index contributed by atoms with van der Waals surface area (Å²) in [5, 5.41) is 2.93. The van der Waals surface area contributed by atoms with E-state index in [1.54, 1.807) is 0 Å². The second-order valence-corrected chi connectivity index (χ2v) is 5.57. The molecule has 3 nitrogen and oxygen atoms in total. The van der Waals surface area contributed by atoms with Crippen LogP contribution < -0.4 is 11.1 Å². The summed E-state index contributed by atoms with van der Waals surface area (Å²) >= 11 is 3.44. The minimum absolute atomic E-state index is 0.100. The molecule has 0 aromatic heterocycles. The van der Waals surface area contributed by atoms with Gasteiger partial charge in [-0.3, -0.25) is 4.79 Å². The number of amides is 1. The van der Waals surface area contributed by atoms with Crippen LogP contribution in [0.3, 0.4) is 0 Å². The minimum atomic E-state index is -0.424. The van der Waals surface area contributed by atoms with Crippen molar-refractivity contribution in [2.24, 2.45) is 5.73 Å². The maximum absolute atomic E-state index is 12.0. The second kappa shape index (κ2) is 6.90. The van der Waals surface area contributed by atoms with Crippen molar-refractivity contribution in [1.82, 2.24) is 0 Å². The van der Waals surface area contributed by atoms with Crippen LogP contribution in [0.5, 0.6) is 0 Å². The van der Waals surface area contributed by atoms with Crippen molar-refractivity contribution in [3.8, 4) is 0 Å². The number of halogens is 1. The Labute approximate surface area is 117 Å². The molecule has 0 saturated heterocycles. The summed E-state index contributed by atoms with van der Waals surface area (Å²) in [7, 11) is 0. The molecular formula is C14H21BrN2O. The van der Waals surface area contributed by atoms with Gasteiger partial charge in [0.2, 0.25) is 5.91 Å². The lowest BCUT2D eigenvalue weighted by Crippen LogP contribution is -2.35. The van der Waals surface area contributed by atoms with Gasteiger partial charge in [0.25, 0.3) is 0 Å². The highest BCUT2D eigenvalue weighted by atomic mass is 79.9. The van der Waals surface area contributed by atoms with Crippen molar-refractivity contribution in [2.75, 3.05) is 5.32 Å². The van der Waals surface area contributed by atoms with Crippen molar-refractivity contribution in [3.63, 3.8) is 0 Å². The largest absolute Gasteiger partial charge is 0.324 e. The normalized spacial score (nSPS) is 12.3. The summed E-state index contributed by atoms with van der Waals surface area (Å²) in [5.74, 6) is -0.100. The summed E-state index contributed by atoms with van der Waals surface area (Å²) in [4.78, 5) is 12.0. The van der Waals surface area contributed by atoms with Gasteiger partial charge in [-0.25, -0.2) is 0 Å². The van der Waals surface area contributed by atoms with E-state index in [-0.39, 0.29) is 5.91 Å². The quantitative estimate of drug-likeness (QED) is 0.874. The predicted octanol–water partition coefficient (Wildman–Crippen LogP) is 3.52. The highest BCUT2D eigenvalue weighted by Gasteiger charge is 2.15. The average Bonchev–Trinajstić information content (AvgIpc) is 2.30. The fourth-order valence-corrected chi connectivity index (χ4v) is 2.57. The number of carbonyl (C=O) groups excluding carboxylic acids is 1. The van der Waals surface area contributed by atoms with Crippen LogP contribution in [0.1, 0.15) is 37.3 Å². The molecule has 0 aliphatic rings. The third-order valence-electron chi connectivity index (χ3n) is 2.95. The van der Waals surface area contributed by atoms with Crippen LogP contribution in [0.2, 0.25) is 0 Å². The lowest BCUT2D eigenvalue weighted by Gasteiger charge is -2.15. The Hall–Kier alpha value is -0.870. The van der Waals surface area contributed by atoms with Gasteiger partial charge in [-0.05, 0) is 43.5 Å². The molecule has 1 aromatic carbocycles. The minimum Gasteiger partial charge on any atom is -0.324 e. The Morgan fingerprint density at radius 3 is 2.44 bits per heavy atom. The maximum Gasteiger partial charge on any atom is 0.241 e. The van der Waals surface area contributed by atoms with E-state index < -0.39 is 6.04 Å². The predicted molar refractivity (Wildman–Crippen MR) is 79.7 cm³/mol. The summed E-state index contributed by atoms with van der Waals surface area (Å²) in [6.45, 7) is 6.05. The molecule has 0 bridgehead atoms. The number of aryl methyl sites for hydroxylation is 2. The van der Waals surface area contributed by atoms with Crippen LogP contribution in [0.15, 0.2) is 16.6 Å². The van der Waals surface area contributed by atoms with Gasteiger partial charge in [0.1, 0.15) is 0 Å². The molecular weight excluding hydrogens is 292 g/mol. The van der Waals surface area contributed by atoms with Crippen molar-refractivity contribution < 1.29 is 4.79 Å². The number of unbranched alkanes of at least 4 members (excludes halogenated alkanes) is 1. The number of carbonyl (C=O) groups is 1. The van der Waals surface area contributed by atoms with E-state index in [1.807, 2.05) is 26.0 Å². The number of benzene rings is 1. The molecule has 0 aliphatic heterocycles. The molecule has 0 unspecified atom stereocenters. The molecule has 0 spiro atoms. The van der Waals surface area contributed by atoms with E-state index in [0.29, 0.717) is 0 Å². The van der Waals surface area contributed by atoms with Crippen LogP contribution in [-0.2, 0) is 4.79 Å². The van der Waals surface area contributed by atoms with E-state index in [0.717, 1.165) is 40.5 Å². The van der Waals surface area contributed by atoms with Gasteiger partial charge in [-0.2, -0.15) is 0 Å². The summed E-state index contributed by atoms with van der Waals surface area (Å²) in [6, 6.07) is 3.55. The maximum atomic E-state index is 12.0. The van der Waals surface area contributed by atoms with Gasteiger partial charge in [0, 0.05) is 10.2 Å². The molecule has 0 aliphatic carbocycles. The first-order chi connectivity index (χ1) is 8.45. The molecule has 1 rings (SSSR count). The molecule has 3 N–H and O–H groups in total. The van der Waals surface area contributed by atoms with E-state index >= 15 is 0 Å². The number of nitrogens with one attached hydrogen (secondary N) is 1. The third-order valence-corrected chi connectivity index (χ3v) is 3.41. The molecule has 4 heteroatoms. The van der Waals surface area contributed by atoms with Gasteiger partial charge in [-0.1, -0.05) is 35.7 Å². The number of hydrogen-bond acceptors (Lipinski definition) is 2. The van der Waals surface area contributed by atoms with Gasteiger partial charge >= 0.3 is 0 Å². The Morgan fingerprint density at radius 1 is 1.39 bits per heavy atom. The third kappa shape index (κ3) is 4.10. The zero-order chi connectivity index (χ0) is 13.7. The topological polar surface area (TPSA) is 55.1 Å². The van der Waals surface area contributed by atoms with E-state index in [4.69, 9.17) is 5.73 Å². The number of hydrogen-bond donors (Lipinski definition) is 2. The molecule has 0 fully saturated rings. The van der Waals surface area contributed by atoms with Crippen LogP contribution in [0.25, 0.3) is 0 Å². The van der Waals surface area contributed by atoms with Crippen molar-refractivity contribution in [1.29, 1.82) is 0 Å². The molecule has 0 heterocycles. The fourth-order valence-electron chi connectivity index (χ4n) is 1.88. The Kier molecular flexibility index (Phi) is 5.82. The number of nitrogens with two attached hydrogens (primary N) is 1. The molecule has 0 radical (unpaired) electrons. The average molecular weight is 313 g/mol. The molecule has 1 aromatic rings. The summed E-state index contributed by atoms with van der Waals surface area (Å²) in [6.07, 6.45) is 2.77. The fraction of sp³-hybridized carbons (Fsp3) is 0.500. The van der Waals surface area contributed by atoms with Crippen LogP contribution in [0, 0.1) is 13.8 Å². The molecule has 0 saturated carbocycles. The molecule has 18 heavy (non-hydrogen) atoms. The van der Waals surface area contributed by atoms with Crippen molar-refractivity contribution in [3.05, 3.63) is 27.7 Å². The zero-order valence-corrected chi connectivity index (χ0v) is 12.8. The van der Waals surface area contributed by atoms with Crippen LogP contribution >= 0.6 is 15.9 Å². The molecule has 1 amide bonds. The van der Waals surface area contributed by atoms with Crippen LogP contribution in [-0.4, -0.2) is 11.9 Å². The summed E-state index contributed by atoms with van der Waals surface area (Å²) < 4.78 is 1.02. The zero-order valence-electron chi connectivity index (χ0n) is 11.2. The molecule has 1 atom stereocenters. The second-order valence-electron chi connectivity index (χ2n) is 4.65. The Balaban J connectivity index is 2.76. The highest BCUT2D eigenvalue weighted by molar-refractivity contribution is 9.10. The lowest BCUT2D eigenvalue weighted by atomic mass is 10.1. The summed E-state index contributed by atoms with van der Waals surface area (Å²) in [5.41, 5.74) is 8.81. The highest BCUT2D eigenvalue weighted by Crippen LogP contribution is 2.25. The number of anilines is 1. The van der Waals surface area contributed by atoms with E-state index in [1.165, 1.54) is 0 Å². The van der Waals surface area contributed by atoms with Gasteiger partial charge in [0.05, 0.1) is 6.04 Å². The van der Waals surface area contributed by atoms with Crippen molar-refractivity contribution >= 4 is 27.5 Å². The number of rotatable bonds is 5. The SMILES string of the molecule is CCCC[C@H](N)C(=O)Nc1c(C)cc(Br)cc1C.